The summed E-state index contributed by atoms with van der Waals surface area (Å²) in [6.07, 6.45) is 9.03. The van der Waals surface area contributed by atoms with E-state index in [1.54, 1.807) is 13.0 Å². The fourth-order valence-electron chi connectivity index (χ4n) is 2.90. The Morgan fingerprint density at radius 2 is 2.00 bits per heavy atom. The number of benzene rings is 1. The van der Waals surface area contributed by atoms with E-state index in [4.69, 9.17) is 5.73 Å². The molecule has 1 aromatic carbocycles. The van der Waals surface area contributed by atoms with Gasteiger partial charge in [0.25, 0.3) is 0 Å². The number of hydrogen-bond donors (Lipinski definition) is 1. The maximum absolute atomic E-state index is 13.5. The van der Waals surface area contributed by atoms with Gasteiger partial charge >= 0.3 is 0 Å². The zero-order valence-electron chi connectivity index (χ0n) is 11.3. The third kappa shape index (κ3) is 3.55. The SMILES string of the molecule is Cc1ccc(C(N)CCC2CCCCC2)cc1F. The smallest absolute Gasteiger partial charge is 0.126 e. The van der Waals surface area contributed by atoms with Gasteiger partial charge in [-0.2, -0.15) is 0 Å². The lowest BCUT2D eigenvalue weighted by Gasteiger charge is -2.23. The van der Waals surface area contributed by atoms with Crippen molar-refractivity contribution in [2.75, 3.05) is 0 Å². The Balaban J connectivity index is 1.86. The molecule has 1 atom stereocenters. The highest BCUT2D eigenvalue weighted by Crippen LogP contribution is 2.29. The first-order valence-electron chi connectivity index (χ1n) is 7.18. The van der Waals surface area contributed by atoms with Crippen LogP contribution in [0.4, 0.5) is 4.39 Å². The van der Waals surface area contributed by atoms with Crippen molar-refractivity contribution in [3.05, 3.63) is 35.1 Å². The van der Waals surface area contributed by atoms with Crippen molar-refractivity contribution in [1.82, 2.24) is 0 Å². The van der Waals surface area contributed by atoms with E-state index in [9.17, 15) is 4.39 Å². The molecule has 0 aliphatic heterocycles. The van der Waals surface area contributed by atoms with Crippen LogP contribution in [0.5, 0.6) is 0 Å². The minimum atomic E-state index is -0.138. The molecule has 0 aromatic heterocycles. The fourth-order valence-corrected chi connectivity index (χ4v) is 2.90. The quantitative estimate of drug-likeness (QED) is 0.835. The Hall–Kier alpha value is -0.890. The van der Waals surface area contributed by atoms with Crippen LogP contribution in [-0.2, 0) is 0 Å². The summed E-state index contributed by atoms with van der Waals surface area (Å²) < 4.78 is 13.5. The van der Waals surface area contributed by atoms with Gasteiger partial charge in [-0.05, 0) is 42.9 Å². The van der Waals surface area contributed by atoms with Crippen molar-refractivity contribution in [3.8, 4) is 0 Å². The molecule has 1 nitrogen and oxygen atoms in total. The van der Waals surface area contributed by atoms with Crippen LogP contribution in [0.1, 0.15) is 62.1 Å². The van der Waals surface area contributed by atoms with E-state index in [1.807, 2.05) is 12.1 Å². The molecule has 2 N–H and O–H groups in total. The molecule has 18 heavy (non-hydrogen) atoms. The van der Waals surface area contributed by atoms with Crippen LogP contribution in [0.15, 0.2) is 18.2 Å². The van der Waals surface area contributed by atoms with Crippen LogP contribution < -0.4 is 5.73 Å². The van der Waals surface area contributed by atoms with Crippen molar-refractivity contribution in [2.45, 2.75) is 57.9 Å². The van der Waals surface area contributed by atoms with E-state index in [1.165, 1.54) is 38.5 Å². The molecule has 1 unspecified atom stereocenters. The molecule has 1 fully saturated rings. The highest BCUT2D eigenvalue weighted by molar-refractivity contribution is 5.25. The van der Waals surface area contributed by atoms with Gasteiger partial charge in [0.2, 0.25) is 0 Å². The molecule has 1 aliphatic rings. The standard InChI is InChI=1S/C16H24FN/c1-12-7-9-14(11-15(12)17)16(18)10-8-13-5-3-2-4-6-13/h7,9,11,13,16H,2-6,8,10,18H2,1H3. The Labute approximate surface area is 110 Å². The lowest BCUT2D eigenvalue weighted by molar-refractivity contribution is 0.324. The molecule has 1 aromatic rings. The molecule has 2 rings (SSSR count). The van der Waals surface area contributed by atoms with E-state index in [0.29, 0.717) is 5.56 Å². The molecule has 0 radical (unpaired) electrons. The molecular weight excluding hydrogens is 225 g/mol. The van der Waals surface area contributed by atoms with Gasteiger partial charge in [-0.3, -0.25) is 0 Å². The van der Waals surface area contributed by atoms with E-state index in [-0.39, 0.29) is 11.9 Å². The molecule has 2 heteroatoms. The molecule has 0 bridgehead atoms. The molecule has 1 aliphatic carbocycles. The van der Waals surface area contributed by atoms with Crippen LogP contribution in [0.2, 0.25) is 0 Å². The monoisotopic (exact) mass is 249 g/mol. The molecule has 100 valence electrons. The molecule has 1 saturated carbocycles. The summed E-state index contributed by atoms with van der Waals surface area (Å²) in [4.78, 5) is 0. The summed E-state index contributed by atoms with van der Waals surface area (Å²) in [5.41, 5.74) is 7.80. The van der Waals surface area contributed by atoms with E-state index >= 15 is 0 Å². The summed E-state index contributed by atoms with van der Waals surface area (Å²) in [5, 5.41) is 0. The lowest BCUT2D eigenvalue weighted by Crippen LogP contribution is -2.14. The molecular formula is C16H24FN. The minimum Gasteiger partial charge on any atom is -0.324 e. The number of rotatable bonds is 4. The second-order valence-electron chi connectivity index (χ2n) is 5.70. The van der Waals surface area contributed by atoms with E-state index in [2.05, 4.69) is 0 Å². The van der Waals surface area contributed by atoms with Crippen LogP contribution in [0.3, 0.4) is 0 Å². The topological polar surface area (TPSA) is 26.0 Å². The van der Waals surface area contributed by atoms with E-state index < -0.39 is 0 Å². The van der Waals surface area contributed by atoms with Crippen LogP contribution in [0, 0.1) is 18.7 Å². The van der Waals surface area contributed by atoms with E-state index in [0.717, 1.165) is 17.9 Å². The predicted octanol–water partition coefficient (Wildman–Crippen LogP) is 4.49. The molecule has 0 saturated heterocycles. The highest BCUT2D eigenvalue weighted by atomic mass is 19.1. The summed E-state index contributed by atoms with van der Waals surface area (Å²) >= 11 is 0. The van der Waals surface area contributed by atoms with Crippen molar-refractivity contribution in [3.63, 3.8) is 0 Å². The third-order valence-corrected chi connectivity index (χ3v) is 4.23. The maximum Gasteiger partial charge on any atom is 0.126 e. The fraction of sp³-hybridized carbons (Fsp3) is 0.625. The molecule has 0 spiro atoms. The zero-order chi connectivity index (χ0) is 13.0. The molecule has 0 amide bonds. The van der Waals surface area contributed by atoms with Gasteiger partial charge in [-0.15, -0.1) is 0 Å². The normalized spacial score (nSPS) is 18.8. The second kappa shape index (κ2) is 6.33. The van der Waals surface area contributed by atoms with Crippen molar-refractivity contribution in [1.29, 1.82) is 0 Å². The summed E-state index contributed by atoms with van der Waals surface area (Å²) in [7, 11) is 0. The second-order valence-corrected chi connectivity index (χ2v) is 5.70. The van der Waals surface area contributed by atoms with Crippen molar-refractivity contribution < 1.29 is 4.39 Å². The van der Waals surface area contributed by atoms with Gasteiger partial charge in [0.1, 0.15) is 5.82 Å². The Morgan fingerprint density at radius 3 is 2.67 bits per heavy atom. The average Bonchev–Trinajstić information content (AvgIpc) is 2.40. The Bertz CT molecular complexity index is 383. The van der Waals surface area contributed by atoms with Gasteiger partial charge in [-0.1, -0.05) is 44.2 Å². The van der Waals surface area contributed by atoms with Gasteiger partial charge in [-0.25, -0.2) is 4.39 Å². The minimum absolute atomic E-state index is 0.0120. The first-order chi connectivity index (χ1) is 8.66. The van der Waals surface area contributed by atoms with Crippen molar-refractivity contribution in [2.24, 2.45) is 11.7 Å². The van der Waals surface area contributed by atoms with Gasteiger partial charge in [0, 0.05) is 6.04 Å². The Morgan fingerprint density at radius 1 is 1.28 bits per heavy atom. The molecule has 0 heterocycles. The lowest BCUT2D eigenvalue weighted by atomic mass is 9.84. The summed E-state index contributed by atoms with van der Waals surface area (Å²) in [6.45, 7) is 1.78. The number of halogens is 1. The summed E-state index contributed by atoms with van der Waals surface area (Å²) in [5.74, 6) is 0.709. The van der Waals surface area contributed by atoms with Crippen LogP contribution in [-0.4, -0.2) is 0 Å². The van der Waals surface area contributed by atoms with Gasteiger partial charge < -0.3 is 5.73 Å². The Kier molecular flexibility index (Phi) is 4.76. The first-order valence-corrected chi connectivity index (χ1v) is 7.18. The predicted molar refractivity (Wildman–Crippen MR) is 73.9 cm³/mol. The van der Waals surface area contributed by atoms with Crippen LogP contribution in [0.25, 0.3) is 0 Å². The number of aryl methyl sites for hydroxylation is 1. The zero-order valence-corrected chi connectivity index (χ0v) is 11.3. The van der Waals surface area contributed by atoms with Crippen LogP contribution >= 0.6 is 0 Å². The maximum atomic E-state index is 13.5. The largest absolute Gasteiger partial charge is 0.324 e. The summed E-state index contributed by atoms with van der Waals surface area (Å²) in [6, 6.07) is 5.37. The van der Waals surface area contributed by atoms with Gasteiger partial charge in [0.05, 0.1) is 0 Å². The van der Waals surface area contributed by atoms with Crippen molar-refractivity contribution >= 4 is 0 Å². The number of nitrogens with two attached hydrogens (primary N) is 1. The first kappa shape index (κ1) is 13.5. The highest BCUT2D eigenvalue weighted by Gasteiger charge is 2.15. The average molecular weight is 249 g/mol. The third-order valence-electron chi connectivity index (χ3n) is 4.23. The van der Waals surface area contributed by atoms with Gasteiger partial charge in [0.15, 0.2) is 0 Å². The number of hydrogen-bond acceptors (Lipinski definition) is 1.